The van der Waals surface area contributed by atoms with Gasteiger partial charge in [0.25, 0.3) is 12.3 Å². The number of aliphatic carboxylic acids is 1. The van der Waals surface area contributed by atoms with Gasteiger partial charge in [0.1, 0.15) is 5.69 Å². The third-order valence-corrected chi connectivity index (χ3v) is 4.41. The number of carbonyl (C=O) groups excluding carboxylic acids is 1. The summed E-state index contributed by atoms with van der Waals surface area (Å²) in [5.41, 5.74) is 0.627. The predicted octanol–water partition coefficient (Wildman–Crippen LogP) is 2.96. The Balaban J connectivity index is 1.81. The van der Waals surface area contributed by atoms with Crippen molar-refractivity contribution in [3.05, 3.63) is 65.5 Å². The summed E-state index contributed by atoms with van der Waals surface area (Å²) in [4.78, 5) is 29.2. The lowest BCUT2D eigenvalue weighted by molar-refractivity contribution is -0.141. The summed E-state index contributed by atoms with van der Waals surface area (Å²) in [7, 11) is 0. The molecule has 2 atom stereocenters. The maximum absolute atomic E-state index is 12.6. The minimum atomic E-state index is -2.70. The molecule has 1 aliphatic rings. The minimum Gasteiger partial charge on any atom is -0.481 e. The lowest BCUT2D eigenvalue weighted by atomic mass is 9.89. The Morgan fingerprint density at radius 3 is 2.40 bits per heavy atom. The van der Waals surface area contributed by atoms with Gasteiger partial charge >= 0.3 is 5.97 Å². The predicted molar refractivity (Wildman–Crippen MR) is 85.4 cm³/mol. The molecule has 1 saturated heterocycles. The Hall–Kier alpha value is -2.83. The molecule has 0 radical (unpaired) electrons. The van der Waals surface area contributed by atoms with Gasteiger partial charge < -0.3 is 10.0 Å². The summed E-state index contributed by atoms with van der Waals surface area (Å²) in [6.45, 7) is 0.334. The maximum Gasteiger partial charge on any atom is 0.308 e. The molecule has 3 rings (SSSR count). The molecule has 25 heavy (non-hydrogen) atoms. The van der Waals surface area contributed by atoms with Crippen molar-refractivity contribution < 1.29 is 23.5 Å². The highest BCUT2D eigenvalue weighted by Crippen LogP contribution is 2.33. The van der Waals surface area contributed by atoms with Gasteiger partial charge in [-0.05, 0) is 17.7 Å². The van der Waals surface area contributed by atoms with Crippen molar-refractivity contribution in [2.24, 2.45) is 5.92 Å². The van der Waals surface area contributed by atoms with Crippen LogP contribution in [0.25, 0.3) is 0 Å². The molecule has 1 aromatic carbocycles. The van der Waals surface area contributed by atoms with Crippen molar-refractivity contribution >= 4 is 11.9 Å². The zero-order chi connectivity index (χ0) is 18.0. The first kappa shape index (κ1) is 17.0. The molecule has 5 nitrogen and oxygen atoms in total. The van der Waals surface area contributed by atoms with E-state index in [0.29, 0.717) is 0 Å². The van der Waals surface area contributed by atoms with Gasteiger partial charge in [0.2, 0.25) is 0 Å². The van der Waals surface area contributed by atoms with Gasteiger partial charge in [-0.15, -0.1) is 0 Å². The number of amides is 1. The van der Waals surface area contributed by atoms with E-state index in [1.807, 2.05) is 30.3 Å². The molecule has 1 N–H and O–H groups in total. The summed E-state index contributed by atoms with van der Waals surface area (Å²) in [6, 6.07) is 11.6. The molecule has 1 fully saturated rings. The summed E-state index contributed by atoms with van der Waals surface area (Å²) in [6.07, 6.45) is -1.59. The monoisotopic (exact) mass is 346 g/mol. The molecule has 0 saturated carbocycles. The number of benzene rings is 1. The number of aromatic nitrogens is 1. The summed E-state index contributed by atoms with van der Waals surface area (Å²) in [5, 5.41) is 9.48. The average Bonchev–Trinajstić information content (AvgIpc) is 3.07. The summed E-state index contributed by atoms with van der Waals surface area (Å²) < 4.78 is 25.1. The van der Waals surface area contributed by atoms with E-state index >= 15 is 0 Å². The van der Waals surface area contributed by atoms with Crippen LogP contribution in [-0.2, 0) is 4.79 Å². The fraction of sp³-hybridized carbons (Fsp3) is 0.278. The van der Waals surface area contributed by atoms with Crippen LogP contribution in [0.4, 0.5) is 8.78 Å². The topological polar surface area (TPSA) is 70.5 Å². The third-order valence-electron chi connectivity index (χ3n) is 4.41. The van der Waals surface area contributed by atoms with Gasteiger partial charge in [-0.2, -0.15) is 0 Å². The number of carboxylic acids is 1. The van der Waals surface area contributed by atoms with Gasteiger partial charge in [0.05, 0.1) is 11.5 Å². The second-order valence-electron chi connectivity index (χ2n) is 5.94. The van der Waals surface area contributed by atoms with Crippen LogP contribution >= 0.6 is 0 Å². The molecule has 1 aromatic heterocycles. The van der Waals surface area contributed by atoms with E-state index in [9.17, 15) is 23.5 Å². The Kier molecular flexibility index (Phi) is 4.74. The second-order valence-corrected chi connectivity index (χ2v) is 5.94. The molecule has 0 spiro atoms. The van der Waals surface area contributed by atoms with Gasteiger partial charge in [0.15, 0.2) is 0 Å². The SMILES string of the molecule is O=C(O)[C@@H]1CN(C(=O)c2ccc(C(F)F)nc2)C[C@H]1c1ccccc1. The average molecular weight is 346 g/mol. The fourth-order valence-corrected chi connectivity index (χ4v) is 3.10. The zero-order valence-corrected chi connectivity index (χ0v) is 13.2. The number of carboxylic acid groups (broad SMARTS) is 1. The van der Waals surface area contributed by atoms with Crippen molar-refractivity contribution in [1.82, 2.24) is 9.88 Å². The van der Waals surface area contributed by atoms with Crippen LogP contribution in [0.5, 0.6) is 0 Å². The molecule has 2 aromatic rings. The first-order valence-electron chi connectivity index (χ1n) is 7.78. The van der Waals surface area contributed by atoms with E-state index < -0.39 is 29.9 Å². The van der Waals surface area contributed by atoms with Gasteiger partial charge in [-0.3, -0.25) is 14.6 Å². The third kappa shape index (κ3) is 3.50. The minimum absolute atomic E-state index is 0.0737. The summed E-state index contributed by atoms with van der Waals surface area (Å²) in [5.74, 6) is -2.39. The molecule has 0 aliphatic carbocycles. The lowest BCUT2D eigenvalue weighted by Gasteiger charge is -2.16. The number of nitrogens with zero attached hydrogens (tertiary/aromatic N) is 2. The van der Waals surface area contributed by atoms with E-state index in [1.165, 1.54) is 11.0 Å². The van der Waals surface area contributed by atoms with Crippen LogP contribution in [0, 0.1) is 5.92 Å². The first-order chi connectivity index (χ1) is 12.0. The number of rotatable bonds is 4. The van der Waals surface area contributed by atoms with Crippen LogP contribution in [0.2, 0.25) is 0 Å². The fourth-order valence-electron chi connectivity index (χ4n) is 3.10. The highest BCUT2D eigenvalue weighted by Gasteiger charge is 2.40. The van der Waals surface area contributed by atoms with Crippen molar-refractivity contribution in [3.63, 3.8) is 0 Å². The number of halogens is 2. The maximum atomic E-state index is 12.6. The molecular formula is C18H16F2N2O3. The van der Waals surface area contributed by atoms with Gasteiger partial charge in [-0.25, -0.2) is 8.78 Å². The number of alkyl halides is 2. The van der Waals surface area contributed by atoms with Crippen LogP contribution in [0.15, 0.2) is 48.7 Å². The molecule has 2 heterocycles. The van der Waals surface area contributed by atoms with Crippen molar-refractivity contribution in [2.75, 3.05) is 13.1 Å². The van der Waals surface area contributed by atoms with Crippen LogP contribution < -0.4 is 0 Å². The standard InChI is InChI=1S/C18H16F2N2O3/c19-16(20)15-7-6-12(8-21-15)17(23)22-9-13(14(10-22)18(24)25)11-4-2-1-3-5-11/h1-8,13-14,16H,9-10H2,(H,24,25)/t13-,14+/m0/s1. The summed E-state index contributed by atoms with van der Waals surface area (Å²) >= 11 is 0. The molecule has 130 valence electrons. The Labute approximate surface area is 142 Å². The van der Waals surface area contributed by atoms with Crippen molar-refractivity contribution in [2.45, 2.75) is 12.3 Å². The molecule has 0 unspecified atom stereocenters. The number of pyridine rings is 1. The Morgan fingerprint density at radius 1 is 1.12 bits per heavy atom. The van der Waals surface area contributed by atoms with E-state index in [1.54, 1.807) is 0 Å². The Bertz CT molecular complexity index is 766. The van der Waals surface area contributed by atoms with Crippen LogP contribution in [-0.4, -0.2) is 40.0 Å². The quantitative estimate of drug-likeness (QED) is 0.924. The highest BCUT2D eigenvalue weighted by atomic mass is 19.3. The van der Waals surface area contributed by atoms with Gasteiger partial charge in [-0.1, -0.05) is 30.3 Å². The van der Waals surface area contributed by atoms with E-state index in [2.05, 4.69) is 4.98 Å². The number of carbonyl (C=O) groups is 2. The van der Waals surface area contributed by atoms with E-state index in [0.717, 1.165) is 17.8 Å². The largest absolute Gasteiger partial charge is 0.481 e. The van der Waals surface area contributed by atoms with Crippen molar-refractivity contribution in [3.8, 4) is 0 Å². The van der Waals surface area contributed by atoms with Gasteiger partial charge in [0, 0.05) is 25.2 Å². The van der Waals surface area contributed by atoms with Crippen LogP contribution in [0.1, 0.15) is 34.0 Å². The molecule has 7 heteroatoms. The molecule has 0 bridgehead atoms. The molecule has 1 aliphatic heterocycles. The first-order valence-corrected chi connectivity index (χ1v) is 7.78. The Morgan fingerprint density at radius 2 is 1.84 bits per heavy atom. The molecule has 1 amide bonds. The molecular weight excluding hydrogens is 330 g/mol. The van der Waals surface area contributed by atoms with E-state index in [-0.39, 0.29) is 24.6 Å². The lowest BCUT2D eigenvalue weighted by Crippen LogP contribution is -2.30. The van der Waals surface area contributed by atoms with E-state index in [4.69, 9.17) is 0 Å². The normalized spacial score (nSPS) is 20.0. The number of hydrogen-bond donors (Lipinski definition) is 1. The smallest absolute Gasteiger partial charge is 0.308 e. The van der Waals surface area contributed by atoms with Crippen LogP contribution in [0.3, 0.4) is 0 Å². The zero-order valence-electron chi connectivity index (χ0n) is 13.2. The number of likely N-dealkylation sites (tertiary alicyclic amines) is 1. The van der Waals surface area contributed by atoms with Crippen molar-refractivity contribution in [1.29, 1.82) is 0 Å². The number of hydrogen-bond acceptors (Lipinski definition) is 3. The second kappa shape index (κ2) is 6.96. The highest BCUT2D eigenvalue weighted by molar-refractivity contribution is 5.94.